The lowest BCUT2D eigenvalue weighted by Crippen LogP contribution is -2.05. The number of fused-ring (bicyclic) bond motifs is 1. The molecule has 1 N–H and O–H groups in total. The summed E-state index contributed by atoms with van der Waals surface area (Å²) in [5.41, 5.74) is 2.15. The van der Waals surface area contributed by atoms with Crippen LogP contribution in [0.15, 0.2) is 78.9 Å². The van der Waals surface area contributed by atoms with E-state index >= 15 is 0 Å². The summed E-state index contributed by atoms with van der Waals surface area (Å²) in [6.45, 7) is 0. The van der Waals surface area contributed by atoms with E-state index in [0.29, 0.717) is 33.8 Å². The second kappa shape index (κ2) is 7.12. The third-order valence-corrected chi connectivity index (χ3v) is 4.33. The highest BCUT2D eigenvalue weighted by Crippen LogP contribution is 2.39. The van der Waals surface area contributed by atoms with Crippen molar-refractivity contribution in [2.45, 2.75) is 0 Å². The van der Waals surface area contributed by atoms with E-state index in [1.54, 1.807) is 24.3 Å². The third-order valence-electron chi connectivity index (χ3n) is 4.33. The normalized spacial score (nSPS) is 14.2. The summed E-state index contributed by atoms with van der Waals surface area (Å²) in [4.78, 5) is 12.6. The number of ether oxygens (including phenoxy) is 1. The molecule has 0 radical (unpaired) electrons. The highest BCUT2D eigenvalue weighted by Gasteiger charge is 2.20. The lowest BCUT2D eigenvalue weighted by molar-refractivity contribution is 0.104. The van der Waals surface area contributed by atoms with Gasteiger partial charge >= 0.3 is 0 Å². The zero-order valence-electron chi connectivity index (χ0n) is 14.5. The maximum atomic E-state index is 13.2. The van der Waals surface area contributed by atoms with Crippen LogP contribution < -0.4 is 4.74 Å². The molecule has 0 bridgehead atoms. The van der Waals surface area contributed by atoms with E-state index in [0.717, 1.165) is 0 Å². The fourth-order valence-corrected chi connectivity index (χ4v) is 2.92. The molecule has 1 aliphatic heterocycles. The smallest absolute Gasteiger partial charge is 0.186 e. The predicted octanol–water partition coefficient (Wildman–Crippen LogP) is 5.37. The molecule has 3 aromatic carbocycles. The van der Waals surface area contributed by atoms with Gasteiger partial charge in [0.15, 0.2) is 5.78 Å². The molecule has 0 fully saturated rings. The van der Waals surface area contributed by atoms with Gasteiger partial charge in [0.2, 0.25) is 0 Å². The number of carbonyl (C=O) groups excluding carboxylic acids is 1. The van der Waals surface area contributed by atoms with E-state index in [4.69, 9.17) is 4.74 Å². The Hall–Kier alpha value is -3.73. The molecule has 0 spiro atoms. The molecule has 138 valence electrons. The standard InChI is InChI=1S/C23H14F2O3/c24-17-5-1-14(2-6-17)21(27)11-16-12-22(15-3-7-18(25)8-4-15)28-23-13-19(26)9-10-20(16)23/h1-13,26H. The van der Waals surface area contributed by atoms with Gasteiger partial charge in [-0.15, -0.1) is 0 Å². The number of hydrogen-bond donors (Lipinski definition) is 1. The zero-order chi connectivity index (χ0) is 19.7. The van der Waals surface area contributed by atoms with Crippen LogP contribution in [0.2, 0.25) is 0 Å². The van der Waals surface area contributed by atoms with Crippen molar-refractivity contribution >= 4 is 17.1 Å². The molecule has 5 heteroatoms. The van der Waals surface area contributed by atoms with Gasteiger partial charge in [0, 0.05) is 22.8 Å². The Balaban J connectivity index is 1.79. The first-order valence-corrected chi connectivity index (χ1v) is 8.50. The Morgan fingerprint density at radius 3 is 2.21 bits per heavy atom. The van der Waals surface area contributed by atoms with Crippen LogP contribution in [0.5, 0.6) is 11.5 Å². The first kappa shape index (κ1) is 17.7. The second-order valence-corrected chi connectivity index (χ2v) is 6.27. The number of rotatable bonds is 3. The minimum atomic E-state index is -0.422. The molecule has 1 aliphatic rings. The number of hydrogen-bond acceptors (Lipinski definition) is 3. The quantitative estimate of drug-likeness (QED) is 0.494. The van der Waals surface area contributed by atoms with Gasteiger partial charge in [-0.2, -0.15) is 0 Å². The van der Waals surface area contributed by atoms with Crippen LogP contribution in [-0.4, -0.2) is 10.9 Å². The van der Waals surface area contributed by atoms with E-state index in [-0.39, 0.29) is 17.3 Å². The van der Waals surface area contributed by atoms with Gasteiger partial charge in [0.25, 0.3) is 0 Å². The van der Waals surface area contributed by atoms with Crippen molar-refractivity contribution in [3.63, 3.8) is 0 Å². The highest BCUT2D eigenvalue weighted by atomic mass is 19.1. The summed E-state index contributed by atoms with van der Waals surface area (Å²) in [5, 5.41) is 9.78. The second-order valence-electron chi connectivity index (χ2n) is 6.27. The van der Waals surface area contributed by atoms with Crippen LogP contribution in [0.3, 0.4) is 0 Å². The van der Waals surface area contributed by atoms with Crippen molar-refractivity contribution < 1.29 is 23.4 Å². The number of phenols is 1. The first-order valence-electron chi connectivity index (χ1n) is 8.50. The number of carbonyl (C=O) groups is 1. The topological polar surface area (TPSA) is 46.5 Å². The minimum absolute atomic E-state index is 0.0170. The molecule has 3 aromatic rings. The lowest BCUT2D eigenvalue weighted by atomic mass is 9.97. The van der Waals surface area contributed by atoms with Gasteiger partial charge in [0.05, 0.1) is 0 Å². The number of aromatic hydroxyl groups is 1. The number of phenolic OH excluding ortho intramolecular Hbond substituents is 1. The molecule has 0 unspecified atom stereocenters. The van der Waals surface area contributed by atoms with Crippen molar-refractivity contribution in [3.05, 3.63) is 107 Å². The van der Waals surface area contributed by atoms with Crippen molar-refractivity contribution in [1.29, 1.82) is 0 Å². The molecule has 0 aromatic heterocycles. The largest absolute Gasteiger partial charge is 0.508 e. The molecular formula is C23H14F2O3. The fraction of sp³-hybridized carbons (Fsp3) is 0. The van der Waals surface area contributed by atoms with Gasteiger partial charge in [-0.05, 0) is 78.4 Å². The fourth-order valence-electron chi connectivity index (χ4n) is 2.92. The van der Waals surface area contributed by atoms with Crippen molar-refractivity contribution in [3.8, 4) is 11.5 Å². The van der Waals surface area contributed by atoms with E-state index in [2.05, 4.69) is 0 Å². The summed E-state index contributed by atoms with van der Waals surface area (Å²) in [6.07, 6.45) is 3.10. The summed E-state index contributed by atoms with van der Waals surface area (Å²) >= 11 is 0. The van der Waals surface area contributed by atoms with Crippen LogP contribution in [0, 0.1) is 11.6 Å². The van der Waals surface area contributed by atoms with Gasteiger partial charge in [0.1, 0.15) is 28.9 Å². The zero-order valence-corrected chi connectivity index (χ0v) is 14.5. The molecule has 3 nitrogen and oxygen atoms in total. The van der Waals surface area contributed by atoms with E-state index in [1.807, 2.05) is 0 Å². The summed E-state index contributed by atoms with van der Waals surface area (Å²) < 4.78 is 32.2. The molecule has 0 atom stereocenters. The van der Waals surface area contributed by atoms with Crippen LogP contribution >= 0.6 is 0 Å². The SMILES string of the molecule is O=C(C=C1C=C(c2ccc(F)cc2)Oc2cc(O)ccc21)c1ccc(F)cc1. The Morgan fingerprint density at radius 2 is 1.54 bits per heavy atom. The Bertz CT molecular complexity index is 1110. The monoisotopic (exact) mass is 376 g/mol. The van der Waals surface area contributed by atoms with E-state index in [1.165, 1.54) is 54.6 Å². The Morgan fingerprint density at radius 1 is 0.893 bits per heavy atom. The van der Waals surface area contributed by atoms with Gasteiger partial charge in [-0.25, -0.2) is 8.78 Å². The molecule has 0 amide bonds. The van der Waals surface area contributed by atoms with Crippen LogP contribution in [0.25, 0.3) is 11.3 Å². The Kier molecular flexibility index (Phi) is 4.49. The number of ketones is 1. The van der Waals surface area contributed by atoms with Crippen molar-refractivity contribution in [1.82, 2.24) is 0 Å². The minimum Gasteiger partial charge on any atom is -0.508 e. The summed E-state index contributed by atoms with van der Waals surface area (Å²) in [5.74, 6) is -0.291. The van der Waals surface area contributed by atoms with Crippen molar-refractivity contribution in [2.24, 2.45) is 0 Å². The molecule has 1 heterocycles. The number of benzene rings is 3. The molecule has 28 heavy (non-hydrogen) atoms. The molecule has 0 aliphatic carbocycles. The molecule has 0 saturated heterocycles. The van der Waals surface area contributed by atoms with Crippen LogP contribution in [-0.2, 0) is 0 Å². The summed E-state index contributed by atoms with van der Waals surface area (Å²) in [6, 6.07) is 15.6. The van der Waals surface area contributed by atoms with Crippen molar-refractivity contribution in [2.75, 3.05) is 0 Å². The average Bonchev–Trinajstić information content (AvgIpc) is 2.68. The average molecular weight is 376 g/mol. The molecule has 4 rings (SSSR count). The van der Waals surface area contributed by atoms with Gasteiger partial charge in [-0.3, -0.25) is 4.79 Å². The van der Waals surface area contributed by atoms with Crippen LogP contribution in [0.4, 0.5) is 8.78 Å². The molecule has 0 saturated carbocycles. The number of halogens is 2. The number of allylic oxidation sites excluding steroid dienone is 3. The van der Waals surface area contributed by atoms with E-state index < -0.39 is 5.82 Å². The lowest BCUT2D eigenvalue weighted by Gasteiger charge is -2.20. The maximum Gasteiger partial charge on any atom is 0.186 e. The summed E-state index contributed by atoms with van der Waals surface area (Å²) in [7, 11) is 0. The van der Waals surface area contributed by atoms with E-state index in [9.17, 15) is 18.7 Å². The van der Waals surface area contributed by atoms with Gasteiger partial charge in [-0.1, -0.05) is 0 Å². The molecular weight excluding hydrogens is 362 g/mol. The third kappa shape index (κ3) is 3.55. The first-order chi connectivity index (χ1) is 13.5. The highest BCUT2D eigenvalue weighted by molar-refractivity contribution is 6.10. The Labute approximate surface area is 159 Å². The van der Waals surface area contributed by atoms with Crippen LogP contribution in [0.1, 0.15) is 21.5 Å². The van der Waals surface area contributed by atoms with Gasteiger partial charge < -0.3 is 9.84 Å². The maximum absolute atomic E-state index is 13.2. The predicted molar refractivity (Wildman–Crippen MR) is 102 cm³/mol.